The summed E-state index contributed by atoms with van der Waals surface area (Å²) in [5.41, 5.74) is 8.81. The van der Waals surface area contributed by atoms with E-state index in [0.717, 1.165) is 43.0 Å². The third kappa shape index (κ3) is 3.55. The van der Waals surface area contributed by atoms with Gasteiger partial charge < -0.3 is 10.6 Å². The highest BCUT2D eigenvalue weighted by Gasteiger charge is 2.08. The summed E-state index contributed by atoms with van der Waals surface area (Å²) >= 11 is 1.72. The number of hydrogen-bond donors (Lipinski definition) is 1. The summed E-state index contributed by atoms with van der Waals surface area (Å²) in [6.07, 6.45) is 1.01. The van der Waals surface area contributed by atoms with Gasteiger partial charge in [0, 0.05) is 29.6 Å². The van der Waals surface area contributed by atoms with E-state index in [2.05, 4.69) is 24.1 Å². The van der Waals surface area contributed by atoms with Crippen molar-refractivity contribution in [3.8, 4) is 11.3 Å². The molecular weight excluding hydrogens is 254 g/mol. The number of thiazole rings is 1. The van der Waals surface area contributed by atoms with E-state index in [1.165, 1.54) is 5.01 Å². The van der Waals surface area contributed by atoms with Gasteiger partial charge >= 0.3 is 0 Å². The van der Waals surface area contributed by atoms with Crippen molar-refractivity contribution in [2.24, 2.45) is 0 Å². The number of aromatic nitrogens is 1. The first-order chi connectivity index (χ1) is 9.24. The molecule has 0 spiro atoms. The predicted molar refractivity (Wildman–Crippen MR) is 83.5 cm³/mol. The lowest BCUT2D eigenvalue weighted by molar-refractivity contribution is 0.308. The average Bonchev–Trinajstić information content (AvgIpc) is 2.89. The fraction of sp³-hybridized carbons (Fsp3) is 0.400. The summed E-state index contributed by atoms with van der Waals surface area (Å²) in [5.74, 6) is 0. The number of nitrogens with zero attached hydrogens (tertiary/aromatic N) is 2. The Hall–Kier alpha value is -1.39. The smallest absolute Gasteiger partial charge is 0.0945 e. The second-order valence-electron chi connectivity index (χ2n) is 4.49. The van der Waals surface area contributed by atoms with Crippen molar-refractivity contribution in [2.75, 3.05) is 25.4 Å². The summed E-state index contributed by atoms with van der Waals surface area (Å²) < 4.78 is 0. The van der Waals surface area contributed by atoms with Crippen LogP contribution in [0.4, 0.5) is 5.69 Å². The molecule has 4 heteroatoms. The van der Waals surface area contributed by atoms with Crippen molar-refractivity contribution in [3.63, 3.8) is 0 Å². The first kappa shape index (κ1) is 14.0. The van der Waals surface area contributed by atoms with E-state index >= 15 is 0 Å². The van der Waals surface area contributed by atoms with Gasteiger partial charge in [-0.15, -0.1) is 11.3 Å². The molecule has 1 aromatic heterocycles. The van der Waals surface area contributed by atoms with Crippen molar-refractivity contribution in [1.29, 1.82) is 0 Å². The Morgan fingerprint density at radius 3 is 2.63 bits per heavy atom. The minimum Gasteiger partial charge on any atom is -0.398 e. The Labute approximate surface area is 119 Å². The number of benzene rings is 1. The minimum atomic E-state index is 0.795. The van der Waals surface area contributed by atoms with Crippen LogP contribution in [0.3, 0.4) is 0 Å². The molecule has 0 saturated heterocycles. The van der Waals surface area contributed by atoms with Crippen LogP contribution in [0.1, 0.15) is 18.9 Å². The number of hydrogen-bond acceptors (Lipinski definition) is 4. The molecule has 0 fully saturated rings. The highest BCUT2D eigenvalue weighted by atomic mass is 32.1. The number of anilines is 1. The van der Waals surface area contributed by atoms with E-state index in [1.54, 1.807) is 11.3 Å². The molecule has 2 N–H and O–H groups in total. The molecule has 0 aliphatic heterocycles. The van der Waals surface area contributed by atoms with E-state index in [9.17, 15) is 0 Å². The monoisotopic (exact) mass is 275 g/mol. The van der Waals surface area contributed by atoms with Crippen LogP contribution in [0.5, 0.6) is 0 Å². The Balaban J connectivity index is 2.05. The largest absolute Gasteiger partial charge is 0.398 e. The van der Waals surface area contributed by atoms with Crippen LogP contribution in [0.25, 0.3) is 11.3 Å². The average molecular weight is 275 g/mol. The van der Waals surface area contributed by atoms with E-state index in [1.807, 2.05) is 24.3 Å². The van der Waals surface area contributed by atoms with Gasteiger partial charge in [0.15, 0.2) is 0 Å². The second kappa shape index (κ2) is 6.68. The zero-order valence-electron chi connectivity index (χ0n) is 11.6. The molecule has 102 valence electrons. The highest BCUT2D eigenvalue weighted by molar-refractivity contribution is 7.09. The van der Waals surface area contributed by atoms with Gasteiger partial charge in [0.25, 0.3) is 0 Å². The van der Waals surface area contributed by atoms with Crippen LogP contribution in [0.2, 0.25) is 0 Å². The van der Waals surface area contributed by atoms with E-state index in [0.29, 0.717) is 0 Å². The third-order valence-electron chi connectivity index (χ3n) is 3.32. The molecule has 0 radical (unpaired) electrons. The second-order valence-corrected chi connectivity index (χ2v) is 5.43. The van der Waals surface area contributed by atoms with Crippen molar-refractivity contribution >= 4 is 17.0 Å². The maximum absolute atomic E-state index is 5.98. The molecule has 3 nitrogen and oxygen atoms in total. The topological polar surface area (TPSA) is 42.2 Å². The Morgan fingerprint density at radius 2 is 1.95 bits per heavy atom. The number of nitrogens with two attached hydrogens (primary N) is 1. The van der Waals surface area contributed by atoms with Crippen LogP contribution >= 0.6 is 11.3 Å². The summed E-state index contributed by atoms with van der Waals surface area (Å²) in [7, 11) is 0. The summed E-state index contributed by atoms with van der Waals surface area (Å²) in [6.45, 7) is 7.66. The molecule has 0 amide bonds. The van der Waals surface area contributed by atoms with Gasteiger partial charge in [-0.05, 0) is 19.2 Å². The van der Waals surface area contributed by atoms with Crippen LogP contribution in [-0.4, -0.2) is 29.5 Å². The van der Waals surface area contributed by atoms with E-state index in [4.69, 9.17) is 10.7 Å². The molecule has 0 saturated carbocycles. The minimum absolute atomic E-state index is 0.795. The standard InChI is InChI=1S/C15H21N3S/c1-3-18(4-2)10-9-15-17-14(11-19-15)12-7-5-6-8-13(12)16/h5-8,11H,3-4,9-10,16H2,1-2H3. The molecule has 1 heterocycles. The predicted octanol–water partition coefficient (Wildman–Crippen LogP) is 3.28. The summed E-state index contributed by atoms with van der Waals surface area (Å²) in [6, 6.07) is 7.90. The molecule has 0 aliphatic carbocycles. The van der Waals surface area contributed by atoms with Crippen LogP contribution in [0.15, 0.2) is 29.6 Å². The van der Waals surface area contributed by atoms with Crippen molar-refractivity contribution in [1.82, 2.24) is 9.88 Å². The molecule has 19 heavy (non-hydrogen) atoms. The maximum atomic E-state index is 5.98. The van der Waals surface area contributed by atoms with Crippen LogP contribution in [-0.2, 0) is 6.42 Å². The van der Waals surface area contributed by atoms with E-state index < -0.39 is 0 Å². The SMILES string of the molecule is CCN(CC)CCc1nc(-c2ccccc2N)cs1. The van der Waals surface area contributed by atoms with Gasteiger partial charge in [0.05, 0.1) is 10.7 Å². The highest BCUT2D eigenvalue weighted by Crippen LogP contribution is 2.26. The molecule has 2 aromatic rings. The molecule has 0 atom stereocenters. The maximum Gasteiger partial charge on any atom is 0.0945 e. The molecular formula is C15H21N3S. The van der Waals surface area contributed by atoms with E-state index in [-0.39, 0.29) is 0 Å². The Bertz CT molecular complexity index is 518. The van der Waals surface area contributed by atoms with Gasteiger partial charge in [0.1, 0.15) is 0 Å². The molecule has 2 rings (SSSR count). The molecule has 0 unspecified atom stereocenters. The quantitative estimate of drug-likeness (QED) is 0.823. The fourth-order valence-corrected chi connectivity index (χ4v) is 2.86. The normalized spacial score (nSPS) is 11.1. The lowest BCUT2D eigenvalue weighted by Gasteiger charge is -2.16. The zero-order valence-corrected chi connectivity index (χ0v) is 12.4. The molecule has 0 bridgehead atoms. The van der Waals surface area contributed by atoms with Gasteiger partial charge in [-0.25, -0.2) is 4.98 Å². The number of likely N-dealkylation sites (N-methyl/N-ethyl adjacent to an activating group) is 1. The number of rotatable bonds is 6. The lowest BCUT2D eigenvalue weighted by Crippen LogP contribution is -2.25. The van der Waals surface area contributed by atoms with Gasteiger partial charge in [-0.2, -0.15) is 0 Å². The number of para-hydroxylation sites is 1. The van der Waals surface area contributed by atoms with Crippen LogP contribution in [0, 0.1) is 0 Å². The Morgan fingerprint density at radius 1 is 1.21 bits per heavy atom. The van der Waals surface area contributed by atoms with Crippen LogP contribution < -0.4 is 5.73 Å². The fourth-order valence-electron chi connectivity index (χ4n) is 2.07. The summed E-state index contributed by atoms with van der Waals surface area (Å²) in [4.78, 5) is 7.11. The van der Waals surface area contributed by atoms with Crippen molar-refractivity contribution in [2.45, 2.75) is 20.3 Å². The van der Waals surface area contributed by atoms with Crippen molar-refractivity contribution in [3.05, 3.63) is 34.7 Å². The number of nitrogen functional groups attached to an aromatic ring is 1. The first-order valence-electron chi connectivity index (χ1n) is 6.76. The van der Waals surface area contributed by atoms with Gasteiger partial charge in [0.2, 0.25) is 0 Å². The first-order valence-corrected chi connectivity index (χ1v) is 7.64. The zero-order chi connectivity index (χ0) is 13.7. The van der Waals surface area contributed by atoms with Gasteiger partial charge in [-0.1, -0.05) is 32.0 Å². The molecule has 0 aliphatic rings. The Kier molecular flexibility index (Phi) is 4.93. The lowest BCUT2D eigenvalue weighted by atomic mass is 10.1. The van der Waals surface area contributed by atoms with Crippen molar-refractivity contribution < 1.29 is 0 Å². The molecule has 1 aromatic carbocycles. The van der Waals surface area contributed by atoms with Gasteiger partial charge in [-0.3, -0.25) is 0 Å². The third-order valence-corrected chi connectivity index (χ3v) is 4.23. The summed E-state index contributed by atoms with van der Waals surface area (Å²) in [5, 5.41) is 3.29.